The number of aliphatic imine (C=N–C) groups is 1. The summed E-state index contributed by atoms with van der Waals surface area (Å²) < 4.78 is 22.4. The summed E-state index contributed by atoms with van der Waals surface area (Å²) in [6, 6.07) is 12.9. The van der Waals surface area contributed by atoms with E-state index in [1.165, 1.54) is 0 Å². The first-order valence-electron chi connectivity index (χ1n) is 10.7. The molecule has 2 aromatic carbocycles. The number of esters is 1. The molecule has 32 heavy (non-hydrogen) atoms. The van der Waals surface area contributed by atoms with Gasteiger partial charge in [-0.15, -0.1) is 0 Å². The highest BCUT2D eigenvalue weighted by Crippen LogP contribution is 2.28. The third kappa shape index (κ3) is 7.68. The van der Waals surface area contributed by atoms with E-state index in [0.29, 0.717) is 17.7 Å². The van der Waals surface area contributed by atoms with E-state index in [9.17, 15) is 4.79 Å². The van der Waals surface area contributed by atoms with Gasteiger partial charge in [0.2, 0.25) is 0 Å². The molecule has 0 spiro atoms. The van der Waals surface area contributed by atoms with Crippen molar-refractivity contribution in [1.82, 2.24) is 0 Å². The van der Waals surface area contributed by atoms with Gasteiger partial charge in [-0.1, -0.05) is 6.07 Å². The fourth-order valence-corrected chi connectivity index (χ4v) is 3.64. The van der Waals surface area contributed by atoms with E-state index in [4.69, 9.17) is 18.9 Å². The van der Waals surface area contributed by atoms with Crippen LogP contribution in [0, 0.1) is 0 Å². The van der Waals surface area contributed by atoms with Crippen molar-refractivity contribution in [2.24, 2.45) is 4.99 Å². The van der Waals surface area contributed by atoms with Crippen LogP contribution in [0.15, 0.2) is 47.5 Å². The minimum atomic E-state index is -0.415. The molecule has 0 radical (unpaired) electrons. The van der Waals surface area contributed by atoms with E-state index in [1.54, 1.807) is 51.7 Å². The maximum absolute atomic E-state index is 12.4. The summed E-state index contributed by atoms with van der Waals surface area (Å²) in [5.74, 6) is 1.09. The van der Waals surface area contributed by atoms with Crippen molar-refractivity contribution in [2.45, 2.75) is 51.7 Å². The predicted octanol–water partition coefficient (Wildman–Crippen LogP) is 5.12. The van der Waals surface area contributed by atoms with E-state index in [1.807, 2.05) is 45.9 Å². The molecule has 0 unspecified atom stereocenters. The van der Waals surface area contributed by atoms with Gasteiger partial charge in [-0.25, -0.2) is 4.79 Å². The topological polar surface area (TPSA) is 66.4 Å². The molecule has 0 aromatic heterocycles. The number of nitrogens with zero attached hydrogens (tertiary/aromatic N) is 1. The lowest BCUT2D eigenvalue weighted by atomic mass is 9.92. The first-order valence-corrected chi connectivity index (χ1v) is 10.7. The van der Waals surface area contributed by atoms with Crippen molar-refractivity contribution in [2.75, 3.05) is 27.9 Å². The Labute approximate surface area is 191 Å². The quantitative estimate of drug-likeness (QED) is 0.358. The molecule has 0 heterocycles. The molecule has 174 valence electrons. The average Bonchev–Trinajstić information content (AvgIpc) is 2.73. The normalized spacial score (nSPS) is 12.1. The van der Waals surface area contributed by atoms with Gasteiger partial charge in [0.15, 0.2) is 0 Å². The zero-order chi connectivity index (χ0) is 23.8. The van der Waals surface area contributed by atoms with E-state index < -0.39 is 5.60 Å². The highest BCUT2D eigenvalue weighted by Gasteiger charge is 2.30. The number of rotatable bonds is 11. The van der Waals surface area contributed by atoms with Gasteiger partial charge in [-0.05, 0) is 69.7 Å². The van der Waals surface area contributed by atoms with Crippen LogP contribution in [0.3, 0.4) is 0 Å². The molecule has 0 aliphatic carbocycles. The Bertz CT molecular complexity index is 916. The molecule has 0 N–H and O–H groups in total. The van der Waals surface area contributed by atoms with Crippen LogP contribution >= 0.6 is 0 Å². The van der Waals surface area contributed by atoms with Crippen LogP contribution in [0.1, 0.15) is 55.6 Å². The van der Waals surface area contributed by atoms with Gasteiger partial charge in [0.25, 0.3) is 0 Å². The average molecular weight is 442 g/mol. The minimum Gasteiger partial charge on any atom is -0.496 e. The standard InChI is InChI=1S/C26H35NO5/c1-25(2,30-7)18-26(3,4)32-22-11-9-20(10-12-22)24(28)31-15-14-19-8-13-23(29-6)21(16-19)17-27-5/h8-13,16-17H,14-15,18H2,1-7H3. The van der Waals surface area contributed by atoms with Crippen LogP contribution < -0.4 is 9.47 Å². The number of carbonyl (C=O) groups is 1. The summed E-state index contributed by atoms with van der Waals surface area (Å²) in [6.07, 6.45) is 3.07. The maximum Gasteiger partial charge on any atom is 0.338 e. The summed E-state index contributed by atoms with van der Waals surface area (Å²) in [5.41, 5.74) is 1.72. The summed E-state index contributed by atoms with van der Waals surface area (Å²) in [7, 11) is 5.04. The van der Waals surface area contributed by atoms with Gasteiger partial charge in [-0.3, -0.25) is 4.99 Å². The molecule has 0 atom stereocenters. The largest absolute Gasteiger partial charge is 0.496 e. The lowest BCUT2D eigenvalue weighted by molar-refractivity contribution is -0.0402. The minimum absolute atomic E-state index is 0.283. The van der Waals surface area contributed by atoms with Crippen molar-refractivity contribution >= 4 is 12.2 Å². The molecule has 0 aliphatic heterocycles. The fourth-order valence-electron chi connectivity index (χ4n) is 3.64. The molecule has 0 saturated heterocycles. The lowest BCUT2D eigenvalue weighted by Crippen LogP contribution is -2.38. The van der Waals surface area contributed by atoms with Gasteiger partial charge in [0, 0.05) is 38.8 Å². The van der Waals surface area contributed by atoms with Gasteiger partial charge in [0.1, 0.15) is 17.1 Å². The number of hydrogen-bond acceptors (Lipinski definition) is 6. The predicted molar refractivity (Wildman–Crippen MR) is 127 cm³/mol. The van der Waals surface area contributed by atoms with E-state index in [2.05, 4.69) is 4.99 Å². The summed E-state index contributed by atoms with van der Waals surface area (Å²) in [5, 5.41) is 0. The molecular formula is C26H35NO5. The highest BCUT2D eigenvalue weighted by atomic mass is 16.5. The fraction of sp³-hybridized carbons (Fsp3) is 0.462. The molecule has 0 bridgehead atoms. The van der Waals surface area contributed by atoms with Gasteiger partial charge < -0.3 is 18.9 Å². The Kier molecular flexibility index (Phi) is 8.84. The molecular weight excluding hydrogens is 406 g/mol. The second kappa shape index (κ2) is 11.1. The lowest BCUT2D eigenvalue weighted by Gasteiger charge is -2.34. The molecule has 0 saturated carbocycles. The van der Waals surface area contributed by atoms with Gasteiger partial charge >= 0.3 is 5.97 Å². The third-order valence-electron chi connectivity index (χ3n) is 5.07. The molecule has 2 aromatic rings. The molecule has 0 aliphatic rings. The Morgan fingerprint density at radius 3 is 2.28 bits per heavy atom. The second-order valence-electron chi connectivity index (χ2n) is 8.88. The zero-order valence-electron chi connectivity index (χ0n) is 20.2. The van der Waals surface area contributed by atoms with E-state index >= 15 is 0 Å². The molecule has 6 heteroatoms. The molecule has 0 fully saturated rings. The first kappa shape index (κ1) is 25.4. The number of carbonyl (C=O) groups excluding carboxylic acids is 1. The second-order valence-corrected chi connectivity index (χ2v) is 8.88. The van der Waals surface area contributed by atoms with Crippen LogP contribution in [0.25, 0.3) is 0 Å². The Hall–Kier alpha value is -2.86. The number of methoxy groups -OCH3 is 2. The Morgan fingerprint density at radius 2 is 1.69 bits per heavy atom. The Morgan fingerprint density at radius 1 is 1.00 bits per heavy atom. The van der Waals surface area contributed by atoms with Crippen molar-refractivity contribution in [3.05, 3.63) is 59.2 Å². The van der Waals surface area contributed by atoms with Crippen LogP contribution in [0.5, 0.6) is 11.5 Å². The Balaban J connectivity index is 1.91. The monoisotopic (exact) mass is 441 g/mol. The zero-order valence-corrected chi connectivity index (χ0v) is 20.2. The summed E-state index contributed by atoms with van der Waals surface area (Å²) in [4.78, 5) is 16.5. The summed E-state index contributed by atoms with van der Waals surface area (Å²) >= 11 is 0. The third-order valence-corrected chi connectivity index (χ3v) is 5.07. The SMILES string of the molecule is CN=Cc1cc(CCOC(=O)c2ccc(OC(C)(C)CC(C)(C)OC)cc2)ccc1OC. The van der Waals surface area contributed by atoms with Crippen LogP contribution in [-0.2, 0) is 15.9 Å². The molecule has 2 rings (SSSR count). The number of hydrogen-bond donors (Lipinski definition) is 0. The van der Waals surface area contributed by atoms with Gasteiger partial charge in [0.05, 0.1) is 24.9 Å². The number of benzene rings is 2. The molecule has 6 nitrogen and oxygen atoms in total. The van der Waals surface area contributed by atoms with E-state index in [-0.39, 0.29) is 18.2 Å². The van der Waals surface area contributed by atoms with Crippen LogP contribution in [-0.4, -0.2) is 51.3 Å². The van der Waals surface area contributed by atoms with Crippen molar-refractivity contribution in [3.63, 3.8) is 0 Å². The van der Waals surface area contributed by atoms with Crippen molar-refractivity contribution in [3.8, 4) is 11.5 Å². The highest BCUT2D eigenvalue weighted by molar-refractivity contribution is 5.89. The van der Waals surface area contributed by atoms with Crippen LogP contribution in [0.4, 0.5) is 0 Å². The van der Waals surface area contributed by atoms with Crippen molar-refractivity contribution < 1.29 is 23.7 Å². The molecule has 0 amide bonds. The van der Waals surface area contributed by atoms with Crippen molar-refractivity contribution in [1.29, 1.82) is 0 Å². The smallest absolute Gasteiger partial charge is 0.338 e. The number of ether oxygens (including phenoxy) is 4. The maximum atomic E-state index is 12.4. The van der Waals surface area contributed by atoms with Crippen LogP contribution in [0.2, 0.25) is 0 Å². The first-order chi connectivity index (χ1) is 15.1. The van der Waals surface area contributed by atoms with Gasteiger partial charge in [-0.2, -0.15) is 0 Å². The van der Waals surface area contributed by atoms with E-state index in [0.717, 1.165) is 23.3 Å². The summed E-state index contributed by atoms with van der Waals surface area (Å²) in [6.45, 7) is 8.38.